The molecule has 0 radical (unpaired) electrons. The zero-order chi connectivity index (χ0) is 67.7. The molecule has 12 rings (SSSR count). The normalized spacial score (nSPS) is 20.2. The van der Waals surface area contributed by atoms with Crippen molar-refractivity contribution in [3.8, 4) is 40.1 Å². The number of hydrogen-bond acceptors (Lipinski definition) is 3. The maximum Gasteiger partial charge on any atom is 0.238 e. The van der Waals surface area contributed by atoms with Crippen LogP contribution in [-0.4, -0.2) is 28.7 Å². The van der Waals surface area contributed by atoms with E-state index in [1.165, 1.54) is 6.07 Å². The predicted molar refractivity (Wildman–Crippen MR) is 243 cm³/mol. The quantitative estimate of drug-likeness (QED) is 0.174. The van der Waals surface area contributed by atoms with Gasteiger partial charge in [-0.15, -0.1) is 0 Å². The molecule has 278 valence electrons. The Labute approximate surface area is 386 Å². The Bertz CT molecular complexity index is 5010. The van der Waals surface area contributed by atoms with Crippen molar-refractivity contribution < 1.29 is 45.2 Å². The molecule has 0 spiro atoms. The van der Waals surface area contributed by atoms with Gasteiger partial charge >= 0.3 is 0 Å². The second-order valence-corrected chi connectivity index (χ2v) is 12.8. The van der Waals surface area contributed by atoms with E-state index in [4.69, 9.17) is 38.8 Å². The first-order valence-electron chi connectivity index (χ1n) is 33.8. The lowest BCUT2D eigenvalue weighted by molar-refractivity contribution is 0.947. The third-order valence-electron chi connectivity index (χ3n) is 9.75. The van der Waals surface area contributed by atoms with Crippen molar-refractivity contribution in [3.63, 3.8) is 0 Å². The van der Waals surface area contributed by atoms with Crippen molar-refractivity contribution in [2.75, 3.05) is 0 Å². The molecule has 4 aromatic heterocycles. The smallest absolute Gasteiger partial charge is 0.238 e. The van der Waals surface area contributed by atoms with Crippen LogP contribution in [0.2, 0.25) is 0 Å². The molecule has 0 amide bonds. The van der Waals surface area contributed by atoms with Crippen LogP contribution < -0.4 is 0 Å². The summed E-state index contributed by atoms with van der Waals surface area (Å²) < 4.78 is 301. The van der Waals surface area contributed by atoms with Crippen molar-refractivity contribution >= 4 is 65.4 Å². The predicted octanol–water partition coefficient (Wildman–Crippen LogP) is 13.1. The van der Waals surface area contributed by atoms with Crippen molar-refractivity contribution in [1.29, 1.82) is 0 Å². The summed E-state index contributed by atoms with van der Waals surface area (Å²) in [6, 6.07) is -22.6. The molecule has 0 bridgehead atoms. The maximum absolute atomic E-state index is 9.53. The van der Waals surface area contributed by atoms with Crippen LogP contribution in [0.5, 0.6) is 0 Å². The molecule has 0 N–H and O–H groups in total. The van der Waals surface area contributed by atoms with Crippen LogP contribution in [0.4, 0.5) is 0 Å². The standard InChI is InChI=1S/C53H36N6/c1-33-17-15-18-34(2)49(33)51-54-52(56-53(55-51)59-45-29-13-7-23-39(45)40-24-8-14-30-46(40)59)50-47(57-41-25-9-3-19-35(41)36-20-4-10-26-42(36)57)31-16-32-48(50)58-43-27-11-5-21-37(43)38-22-6-12-28-44(38)58/h3-32H,1-2H3/i1D3,2D3,3D,4D,5D,6D,7D,8D,9D,10D,11D,12D,13D,14D,15D,17D,18D,19D,20D,21D,22D,23D,24D,25D,26D,27D,28D,29D,30D. The molecule has 4 heterocycles. The molecule has 0 atom stereocenters. The van der Waals surface area contributed by atoms with Crippen LogP contribution in [0.1, 0.15) is 56.4 Å². The van der Waals surface area contributed by atoms with Crippen LogP contribution in [0.15, 0.2) is 181 Å². The molecule has 0 aliphatic heterocycles. The molecular weight excluding hydrogens is 721 g/mol. The van der Waals surface area contributed by atoms with Crippen molar-refractivity contribution in [3.05, 3.63) is 192 Å². The van der Waals surface area contributed by atoms with Crippen LogP contribution in [0, 0.1) is 13.7 Å². The zero-order valence-electron chi connectivity index (χ0n) is 62.4. The van der Waals surface area contributed by atoms with Crippen molar-refractivity contribution in [1.82, 2.24) is 28.7 Å². The van der Waals surface area contributed by atoms with Crippen molar-refractivity contribution in [2.24, 2.45) is 0 Å². The van der Waals surface area contributed by atoms with Crippen molar-refractivity contribution in [2.45, 2.75) is 13.7 Å². The van der Waals surface area contributed by atoms with Crippen LogP contribution >= 0.6 is 0 Å². The fourth-order valence-corrected chi connectivity index (χ4v) is 7.39. The van der Waals surface area contributed by atoms with Crippen LogP contribution in [-0.2, 0) is 0 Å². The summed E-state index contributed by atoms with van der Waals surface area (Å²) in [6.07, 6.45) is 0. The number of para-hydroxylation sites is 6. The van der Waals surface area contributed by atoms with Gasteiger partial charge in [-0.25, -0.2) is 4.98 Å². The molecule has 8 aromatic carbocycles. The Morgan fingerprint density at radius 3 is 1.08 bits per heavy atom. The minimum Gasteiger partial charge on any atom is -0.308 e. The second-order valence-electron chi connectivity index (χ2n) is 12.8. The van der Waals surface area contributed by atoms with E-state index in [-0.39, 0.29) is 0 Å². The van der Waals surface area contributed by atoms with Gasteiger partial charge in [0.05, 0.1) is 87.0 Å². The Hall–Kier alpha value is -7.83. The highest BCUT2D eigenvalue weighted by Gasteiger charge is 2.26. The summed E-state index contributed by atoms with van der Waals surface area (Å²) in [5, 5.41) is -3.43. The number of aromatic nitrogens is 6. The van der Waals surface area contributed by atoms with Gasteiger partial charge in [0.15, 0.2) is 11.6 Å². The zero-order valence-corrected chi connectivity index (χ0v) is 29.4. The van der Waals surface area contributed by atoms with Crippen LogP contribution in [0.3, 0.4) is 0 Å². The molecule has 0 aliphatic rings. The highest BCUT2D eigenvalue weighted by Crippen LogP contribution is 2.42. The highest BCUT2D eigenvalue weighted by molar-refractivity contribution is 6.12. The van der Waals surface area contributed by atoms with E-state index < -0.39 is 293 Å². The first-order valence-corrected chi connectivity index (χ1v) is 17.3. The lowest BCUT2D eigenvalue weighted by Gasteiger charge is -2.20. The first-order chi connectivity index (χ1) is 42.8. The number of rotatable bonds is 5. The molecular formula is C53H36N6. The summed E-state index contributed by atoms with van der Waals surface area (Å²) in [7, 11) is 0. The monoisotopic (exact) mass is 790 g/mol. The molecule has 59 heavy (non-hydrogen) atoms. The van der Waals surface area contributed by atoms with Gasteiger partial charge in [0.1, 0.15) is 0 Å². The lowest BCUT2D eigenvalue weighted by atomic mass is 10.0. The highest BCUT2D eigenvalue weighted by atomic mass is 15.2. The maximum atomic E-state index is 9.53. The summed E-state index contributed by atoms with van der Waals surface area (Å²) in [5.41, 5.74) is -9.85. The minimum atomic E-state index is -3.68. The van der Waals surface area contributed by atoms with E-state index in [1.54, 1.807) is 0 Å². The van der Waals surface area contributed by atoms with E-state index in [0.29, 0.717) is 4.57 Å². The van der Waals surface area contributed by atoms with E-state index >= 15 is 0 Å². The van der Waals surface area contributed by atoms with Gasteiger partial charge in [0.2, 0.25) is 5.95 Å². The fraction of sp³-hybridized carbons (Fsp3) is 0.0377. The van der Waals surface area contributed by atoms with Gasteiger partial charge in [-0.2, -0.15) is 9.97 Å². The second kappa shape index (κ2) is 12.8. The summed E-state index contributed by atoms with van der Waals surface area (Å²) >= 11 is 0. The van der Waals surface area contributed by atoms with Gasteiger partial charge in [-0.1, -0.05) is 133 Å². The molecule has 12 aromatic rings. The van der Waals surface area contributed by atoms with Gasteiger partial charge in [0.25, 0.3) is 0 Å². The third kappa shape index (κ3) is 4.90. The summed E-state index contributed by atoms with van der Waals surface area (Å²) in [6.45, 7) is -7.36. The van der Waals surface area contributed by atoms with Gasteiger partial charge < -0.3 is 9.13 Å². The molecule has 0 saturated carbocycles. The SMILES string of the molecule is [2H]c1c([2H])c(C([2H])([2H])[2H])c(-c2nc(-c3c(-n4c5c([2H])c([2H])c([2H])c([2H])c5c5c([2H])c([2H])c([2H])c([2H])c54)cccc3-n3c4c([2H])c([2H])c([2H])c([2H])c4c4c([2H])c([2H])c([2H])c([2H])c43)nc(-n3c4c([2H])c([2H])c([2H])c([2H])c4c4c([2H])c([2H])c([2H])c([2H])c43)n2)c(C([2H])([2H])[2H])c1[2H]. The van der Waals surface area contributed by atoms with Crippen LogP contribution in [0.25, 0.3) is 106 Å². The summed E-state index contributed by atoms with van der Waals surface area (Å²) in [5.74, 6) is -3.38. The Morgan fingerprint density at radius 2 is 0.712 bits per heavy atom. The topological polar surface area (TPSA) is 53.5 Å². The fourth-order valence-electron chi connectivity index (χ4n) is 7.39. The molecule has 0 fully saturated rings. The molecule has 0 unspecified atom stereocenters. The largest absolute Gasteiger partial charge is 0.308 e. The summed E-state index contributed by atoms with van der Waals surface area (Å²) in [4.78, 5) is 14.0. The Kier molecular flexibility index (Phi) is 3.10. The lowest BCUT2D eigenvalue weighted by Crippen LogP contribution is -2.10. The van der Waals surface area contributed by atoms with E-state index in [9.17, 15) is 16.4 Å². The molecule has 6 heteroatoms. The number of hydrogen-bond donors (Lipinski definition) is 0. The van der Waals surface area contributed by atoms with E-state index in [0.717, 1.165) is 21.3 Å². The van der Waals surface area contributed by atoms with Gasteiger partial charge in [0, 0.05) is 46.1 Å². The average Bonchev–Trinajstić information content (AvgIpc) is 1.50. The third-order valence-corrected chi connectivity index (χ3v) is 9.75. The van der Waals surface area contributed by atoms with Gasteiger partial charge in [-0.05, 0) is 73.2 Å². The minimum absolute atomic E-state index is 0.550. The average molecular weight is 790 g/mol. The van der Waals surface area contributed by atoms with Gasteiger partial charge in [-0.3, -0.25) is 4.57 Å². The molecule has 6 nitrogen and oxygen atoms in total. The number of benzene rings is 8. The number of nitrogens with zero attached hydrogens (tertiary/aromatic N) is 6. The molecule has 0 saturated heterocycles. The number of fused-ring (bicyclic) bond motifs is 9. The van der Waals surface area contributed by atoms with E-state index in [1.807, 2.05) is 0 Å². The Morgan fingerprint density at radius 1 is 0.373 bits per heavy atom. The molecule has 0 aliphatic carbocycles. The van der Waals surface area contributed by atoms with E-state index in [2.05, 4.69) is 4.98 Å². The first kappa shape index (κ1) is 14.2. The Balaban J connectivity index is 1.46.